The van der Waals surface area contributed by atoms with Crippen LogP contribution in [0.4, 0.5) is 8.78 Å². The summed E-state index contributed by atoms with van der Waals surface area (Å²) in [5.41, 5.74) is 0.799. The SMILES string of the molecule is COCCCCCC(F)COc1ccc(-c2ncc(OCC(F)CCCCCOC)cn2)cc1. The molecular weight excluding hydrogens is 442 g/mol. The van der Waals surface area contributed by atoms with E-state index in [4.69, 9.17) is 18.9 Å². The molecule has 1 heterocycles. The first-order valence-electron chi connectivity index (χ1n) is 12.1. The number of alkyl halides is 2. The quantitative estimate of drug-likeness (QED) is 0.230. The fraction of sp³-hybridized carbons (Fsp3) is 0.615. The number of rotatable bonds is 19. The first-order chi connectivity index (χ1) is 16.6. The summed E-state index contributed by atoms with van der Waals surface area (Å²) in [7, 11) is 3.34. The van der Waals surface area contributed by atoms with E-state index in [1.54, 1.807) is 38.7 Å². The third-order valence-electron chi connectivity index (χ3n) is 5.33. The molecule has 0 radical (unpaired) electrons. The molecule has 0 fully saturated rings. The summed E-state index contributed by atoms with van der Waals surface area (Å²) in [5, 5.41) is 0. The Hall–Kier alpha value is -2.32. The molecule has 2 rings (SSSR count). The second-order valence-electron chi connectivity index (χ2n) is 8.27. The average Bonchev–Trinajstić information content (AvgIpc) is 2.86. The number of hydrogen-bond donors (Lipinski definition) is 0. The van der Waals surface area contributed by atoms with Crippen LogP contribution in [0.1, 0.15) is 51.4 Å². The van der Waals surface area contributed by atoms with Crippen molar-refractivity contribution in [3.63, 3.8) is 0 Å². The van der Waals surface area contributed by atoms with Crippen molar-refractivity contribution in [3.8, 4) is 22.9 Å². The van der Waals surface area contributed by atoms with E-state index in [-0.39, 0.29) is 13.2 Å². The van der Waals surface area contributed by atoms with Crippen molar-refractivity contribution in [2.45, 2.75) is 63.7 Å². The molecule has 2 unspecified atom stereocenters. The normalized spacial score (nSPS) is 12.9. The number of methoxy groups -OCH3 is 2. The fourth-order valence-electron chi connectivity index (χ4n) is 3.36. The molecule has 2 atom stereocenters. The summed E-state index contributed by atoms with van der Waals surface area (Å²) >= 11 is 0. The Labute approximate surface area is 202 Å². The number of ether oxygens (including phenoxy) is 4. The number of hydrogen-bond acceptors (Lipinski definition) is 6. The van der Waals surface area contributed by atoms with Gasteiger partial charge in [0.2, 0.25) is 0 Å². The van der Waals surface area contributed by atoms with Gasteiger partial charge in [0.05, 0.1) is 12.4 Å². The summed E-state index contributed by atoms with van der Waals surface area (Å²) in [6.07, 6.45) is 7.45. The third kappa shape index (κ3) is 11.7. The monoisotopic (exact) mass is 480 g/mol. The Morgan fingerprint density at radius 1 is 0.676 bits per heavy atom. The molecule has 190 valence electrons. The first-order valence-corrected chi connectivity index (χ1v) is 12.1. The molecule has 1 aromatic carbocycles. The molecule has 0 bridgehead atoms. The van der Waals surface area contributed by atoms with Crippen LogP contribution >= 0.6 is 0 Å². The van der Waals surface area contributed by atoms with Gasteiger partial charge in [-0.25, -0.2) is 18.7 Å². The summed E-state index contributed by atoms with van der Waals surface area (Å²) in [6, 6.07) is 7.19. The van der Waals surface area contributed by atoms with Gasteiger partial charge in [-0.2, -0.15) is 0 Å². The molecule has 0 N–H and O–H groups in total. The van der Waals surface area contributed by atoms with Gasteiger partial charge in [-0.1, -0.05) is 25.7 Å². The van der Waals surface area contributed by atoms with E-state index in [2.05, 4.69) is 9.97 Å². The van der Waals surface area contributed by atoms with Crippen molar-refractivity contribution in [1.29, 1.82) is 0 Å². The molecule has 0 amide bonds. The average molecular weight is 481 g/mol. The van der Waals surface area contributed by atoms with Gasteiger partial charge in [-0.3, -0.25) is 0 Å². The lowest BCUT2D eigenvalue weighted by atomic mass is 10.1. The smallest absolute Gasteiger partial charge is 0.159 e. The summed E-state index contributed by atoms with van der Waals surface area (Å²) in [6.45, 7) is 1.45. The van der Waals surface area contributed by atoms with Gasteiger partial charge in [-0.05, 0) is 49.9 Å². The minimum Gasteiger partial charge on any atom is -0.491 e. The van der Waals surface area contributed by atoms with E-state index < -0.39 is 12.3 Å². The van der Waals surface area contributed by atoms with Crippen LogP contribution in [-0.2, 0) is 9.47 Å². The van der Waals surface area contributed by atoms with Crippen molar-refractivity contribution in [3.05, 3.63) is 36.7 Å². The molecule has 0 spiro atoms. The fourth-order valence-corrected chi connectivity index (χ4v) is 3.36. The van der Waals surface area contributed by atoms with Gasteiger partial charge in [0, 0.05) is 33.0 Å². The van der Waals surface area contributed by atoms with Crippen LogP contribution in [-0.4, -0.2) is 63.0 Å². The lowest BCUT2D eigenvalue weighted by Crippen LogP contribution is -2.13. The van der Waals surface area contributed by atoms with Crippen LogP contribution in [0.5, 0.6) is 11.5 Å². The van der Waals surface area contributed by atoms with Gasteiger partial charge in [0.1, 0.15) is 31.3 Å². The standard InChI is InChI=1S/C26H38F2N2O4/c1-31-15-7-3-5-9-22(27)19-33-24-13-11-21(12-14-24)26-29-17-25(18-30-26)34-20-23(28)10-6-4-8-16-32-2/h11-14,17-18,22-23H,3-10,15-16,19-20H2,1-2H3. The van der Waals surface area contributed by atoms with E-state index in [1.807, 2.05) is 12.1 Å². The van der Waals surface area contributed by atoms with Gasteiger partial charge in [-0.15, -0.1) is 0 Å². The molecule has 2 aromatic rings. The molecule has 0 aliphatic heterocycles. The minimum atomic E-state index is -1.02. The molecule has 0 saturated heterocycles. The van der Waals surface area contributed by atoms with Crippen LogP contribution < -0.4 is 9.47 Å². The lowest BCUT2D eigenvalue weighted by molar-refractivity contribution is 0.174. The Morgan fingerprint density at radius 2 is 1.18 bits per heavy atom. The van der Waals surface area contributed by atoms with Crippen LogP contribution in [0.2, 0.25) is 0 Å². The highest BCUT2D eigenvalue weighted by molar-refractivity contribution is 5.56. The summed E-state index contributed by atoms with van der Waals surface area (Å²) in [4.78, 5) is 8.60. The predicted octanol–water partition coefficient (Wildman–Crippen LogP) is 5.99. The largest absolute Gasteiger partial charge is 0.491 e. The maximum absolute atomic E-state index is 14.0. The molecule has 1 aromatic heterocycles. The van der Waals surface area contributed by atoms with Gasteiger partial charge in [0.15, 0.2) is 11.6 Å². The van der Waals surface area contributed by atoms with Crippen LogP contribution in [0.15, 0.2) is 36.7 Å². The van der Waals surface area contributed by atoms with Crippen molar-refractivity contribution < 1.29 is 27.7 Å². The summed E-state index contributed by atoms with van der Waals surface area (Å²) < 4.78 is 48.9. The molecular formula is C26H38F2N2O4. The maximum Gasteiger partial charge on any atom is 0.159 e. The number of halogens is 2. The van der Waals surface area contributed by atoms with Crippen LogP contribution in [0.25, 0.3) is 11.4 Å². The Bertz CT molecular complexity index is 697. The van der Waals surface area contributed by atoms with E-state index in [0.29, 0.717) is 43.4 Å². The molecule has 0 aliphatic carbocycles. The van der Waals surface area contributed by atoms with E-state index in [0.717, 1.165) is 44.1 Å². The molecule has 34 heavy (non-hydrogen) atoms. The van der Waals surface area contributed by atoms with E-state index >= 15 is 0 Å². The van der Waals surface area contributed by atoms with E-state index in [1.165, 1.54) is 0 Å². The van der Waals surface area contributed by atoms with Gasteiger partial charge >= 0.3 is 0 Å². The number of nitrogens with zero attached hydrogens (tertiary/aromatic N) is 2. The van der Waals surface area contributed by atoms with Crippen LogP contribution in [0.3, 0.4) is 0 Å². The number of benzene rings is 1. The minimum absolute atomic E-state index is 0.0122. The zero-order valence-corrected chi connectivity index (χ0v) is 20.4. The van der Waals surface area contributed by atoms with Crippen LogP contribution in [0, 0.1) is 0 Å². The van der Waals surface area contributed by atoms with Crippen molar-refractivity contribution >= 4 is 0 Å². The second kappa shape index (κ2) is 17.2. The predicted molar refractivity (Wildman–Crippen MR) is 129 cm³/mol. The molecule has 0 saturated carbocycles. The summed E-state index contributed by atoms with van der Waals surface area (Å²) in [5.74, 6) is 1.55. The van der Waals surface area contributed by atoms with E-state index in [9.17, 15) is 8.78 Å². The molecule has 8 heteroatoms. The topological polar surface area (TPSA) is 62.7 Å². The Morgan fingerprint density at radius 3 is 1.68 bits per heavy atom. The third-order valence-corrected chi connectivity index (χ3v) is 5.33. The number of aromatic nitrogens is 2. The van der Waals surface area contributed by atoms with Gasteiger partial charge < -0.3 is 18.9 Å². The highest BCUT2D eigenvalue weighted by atomic mass is 19.1. The Kier molecular flexibility index (Phi) is 14.1. The first kappa shape index (κ1) is 27.9. The molecule has 6 nitrogen and oxygen atoms in total. The zero-order valence-electron chi connectivity index (χ0n) is 20.4. The Balaban J connectivity index is 1.69. The highest BCUT2D eigenvalue weighted by Gasteiger charge is 2.10. The van der Waals surface area contributed by atoms with Gasteiger partial charge in [0.25, 0.3) is 0 Å². The second-order valence-corrected chi connectivity index (χ2v) is 8.27. The number of unbranched alkanes of at least 4 members (excludes halogenated alkanes) is 4. The lowest BCUT2D eigenvalue weighted by Gasteiger charge is -2.11. The zero-order chi connectivity index (χ0) is 24.4. The highest BCUT2D eigenvalue weighted by Crippen LogP contribution is 2.21. The maximum atomic E-state index is 14.0. The van der Waals surface area contributed by atoms with Crippen molar-refractivity contribution in [1.82, 2.24) is 9.97 Å². The van der Waals surface area contributed by atoms with Crippen molar-refractivity contribution in [2.75, 3.05) is 40.6 Å². The molecule has 0 aliphatic rings. The van der Waals surface area contributed by atoms with Crippen molar-refractivity contribution in [2.24, 2.45) is 0 Å².